The Labute approximate surface area is 203 Å². The van der Waals surface area contributed by atoms with E-state index >= 15 is 0 Å². The molecule has 1 atom stereocenters. The molecule has 0 radical (unpaired) electrons. The molecule has 192 valence electrons. The fourth-order valence-electron chi connectivity index (χ4n) is 3.58. The highest BCUT2D eigenvalue weighted by Crippen LogP contribution is 2.35. The third-order valence-electron chi connectivity index (χ3n) is 5.55. The minimum Gasteiger partial charge on any atom is -0.487 e. The zero-order valence-electron chi connectivity index (χ0n) is 19.6. The summed E-state index contributed by atoms with van der Waals surface area (Å²) in [6, 6.07) is 9.62. The fraction of sp³-hybridized carbons (Fsp3) is 0.308. The standard InChI is InChI=1S/C26H24F5NO4/c1-25(2,3)21(24(34)35)32-23(33)18-11-8-15-6-7-16(22(27)28)12-19(15)20(18)36-13-14-4-9-17(10-5-14)26(29,30)31/h4-12,21-22H,13H2,1-3H3,(H,32,33)(H,34,35). The van der Waals surface area contributed by atoms with Gasteiger partial charge in [-0.15, -0.1) is 0 Å². The largest absolute Gasteiger partial charge is 0.487 e. The van der Waals surface area contributed by atoms with Gasteiger partial charge < -0.3 is 15.2 Å². The van der Waals surface area contributed by atoms with Crippen molar-refractivity contribution in [2.45, 2.75) is 46.0 Å². The second-order valence-electron chi connectivity index (χ2n) is 9.32. The number of amides is 1. The van der Waals surface area contributed by atoms with Crippen molar-refractivity contribution in [3.63, 3.8) is 0 Å². The maximum atomic E-state index is 13.4. The number of ether oxygens (including phenoxy) is 1. The highest BCUT2D eigenvalue weighted by molar-refractivity contribution is 6.05. The Morgan fingerprint density at radius 1 is 0.972 bits per heavy atom. The van der Waals surface area contributed by atoms with Gasteiger partial charge in [-0.25, -0.2) is 13.6 Å². The third kappa shape index (κ3) is 6.10. The van der Waals surface area contributed by atoms with Crippen molar-refractivity contribution in [1.82, 2.24) is 5.32 Å². The summed E-state index contributed by atoms with van der Waals surface area (Å²) in [5.41, 5.74) is -1.77. The average molecular weight is 509 g/mol. The van der Waals surface area contributed by atoms with E-state index in [9.17, 15) is 36.6 Å². The lowest BCUT2D eigenvalue weighted by molar-refractivity contribution is -0.142. The van der Waals surface area contributed by atoms with Crippen molar-refractivity contribution >= 4 is 22.6 Å². The number of alkyl halides is 5. The van der Waals surface area contributed by atoms with Gasteiger partial charge in [0.2, 0.25) is 0 Å². The van der Waals surface area contributed by atoms with Gasteiger partial charge in [0.1, 0.15) is 18.4 Å². The van der Waals surface area contributed by atoms with E-state index in [-0.39, 0.29) is 28.9 Å². The van der Waals surface area contributed by atoms with Crippen LogP contribution in [0.1, 0.15) is 54.2 Å². The molecular weight excluding hydrogens is 485 g/mol. The first-order valence-electron chi connectivity index (χ1n) is 10.9. The van der Waals surface area contributed by atoms with E-state index in [1.54, 1.807) is 20.8 Å². The summed E-state index contributed by atoms with van der Waals surface area (Å²) in [6.45, 7) is 4.62. The van der Waals surface area contributed by atoms with Crippen LogP contribution in [-0.4, -0.2) is 23.0 Å². The predicted molar refractivity (Wildman–Crippen MR) is 123 cm³/mol. The number of carbonyl (C=O) groups excluding carboxylic acids is 1. The monoisotopic (exact) mass is 509 g/mol. The molecule has 3 aromatic carbocycles. The van der Waals surface area contributed by atoms with Crippen molar-refractivity contribution in [3.8, 4) is 5.75 Å². The van der Waals surface area contributed by atoms with Gasteiger partial charge in [-0.2, -0.15) is 13.2 Å². The summed E-state index contributed by atoms with van der Waals surface area (Å²) in [6.07, 6.45) is -7.31. The van der Waals surface area contributed by atoms with Crippen molar-refractivity contribution in [2.24, 2.45) is 5.41 Å². The molecule has 0 saturated heterocycles. The normalized spacial score (nSPS) is 13.0. The van der Waals surface area contributed by atoms with Crippen LogP contribution >= 0.6 is 0 Å². The molecule has 1 unspecified atom stereocenters. The van der Waals surface area contributed by atoms with Crippen molar-refractivity contribution in [2.75, 3.05) is 0 Å². The number of carboxylic acids is 1. The molecule has 0 aromatic heterocycles. The van der Waals surface area contributed by atoms with E-state index in [0.717, 1.165) is 18.2 Å². The summed E-state index contributed by atoms with van der Waals surface area (Å²) in [5.74, 6) is -2.15. The molecule has 0 fully saturated rings. The number of rotatable bonds is 7. The number of halogens is 5. The second kappa shape index (κ2) is 10.1. The molecule has 10 heteroatoms. The van der Waals surface area contributed by atoms with Gasteiger partial charge in [-0.1, -0.05) is 51.1 Å². The Morgan fingerprint density at radius 2 is 1.58 bits per heavy atom. The second-order valence-corrected chi connectivity index (χ2v) is 9.32. The van der Waals surface area contributed by atoms with Crippen LogP contribution in [0.3, 0.4) is 0 Å². The van der Waals surface area contributed by atoms with E-state index in [1.807, 2.05) is 0 Å². The van der Waals surface area contributed by atoms with Crippen molar-refractivity contribution < 1.29 is 41.4 Å². The SMILES string of the molecule is CC(C)(C)C(NC(=O)c1ccc2ccc(C(F)F)cc2c1OCc1ccc(C(F)(F)F)cc1)C(=O)O. The Hall–Kier alpha value is -3.69. The Kier molecular flexibility index (Phi) is 7.56. The molecule has 0 bridgehead atoms. The molecule has 0 spiro atoms. The van der Waals surface area contributed by atoms with Gasteiger partial charge in [-0.05, 0) is 40.6 Å². The van der Waals surface area contributed by atoms with Crippen LogP contribution < -0.4 is 10.1 Å². The number of carboxylic acid groups (broad SMARTS) is 1. The van der Waals surface area contributed by atoms with Crippen LogP contribution in [0, 0.1) is 5.41 Å². The molecule has 0 aliphatic heterocycles. The van der Waals surface area contributed by atoms with Crippen molar-refractivity contribution in [1.29, 1.82) is 0 Å². The number of nitrogens with one attached hydrogen (secondary N) is 1. The summed E-state index contributed by atoms with van der Waals surface area (Å²) in [5, 5.41) is 12.7. The lowest BCUT2D eigenvalue weighted by atomic mass is 9.86. The molecule has 3 rings (SSSR count). The number of hydrogen-bond acceptors (Lipinski definition) is 3. The third-order valence-corrected chi connectivity index (χ3v) is 5.55. The smallest absolute Gasteiger partial charge is 0.416 e. The molecule has 2 N–H and O–H groups in total. The van der Waals surface area contributed by atoms with Gasteiger partial charge >= 0.3 is 12.1 Å². The van der Waals surface area contributed by atoms with E-state index in [4.69, 9.17) is 4.74 Å². The Morgan fingerprint density at radius 3 is 2.11 bits per heavy atom. The molecule has 0 saturated carbocycles. The number of hydrogen-bond donors (Lipinski definition) is 2. The van der Waals surface area contributed by atoms with Crippen molar-refractivity contribution in [3.05, 3.63) is 76.9 Å². The molecule has 0 aliphatic rings. The van der Waals surface area contributed by atoms with E-state index < -0.39 is 41.5 Å². The van der Waals surface area contributed by atoms with Crippen LogP contribution in [0.25, 0.3) is 10.8 Å². The van der Waals surface area contributed by atoms with Crippen LogP contribution in [0.4, 0.5) is 22.0 Å². The molecule has 1 amide bonds. The first-order chi connectivity index (χ1) is 16.7. The van der Waals surface area contributed by atoms with Gasteiger partial charge in [-0.3, -0.25) is 4.79 Å². The Bertz CT molecular complexity index is 1260. The van der Waals surface area contributed by atoms with Gasteiger partial charge in [0.05, 0.1) is 11.1 Å². The fourth-order valence-corrected chi connectivity index (χ4v) is 3.58. The maximum Gasteiger partial charge on any atom is 0.416 e. The van der Waals surface area contributed by atoms with Crippen LogP contribution in [0.15, 0.2) is 54.6 Å². The molecular formula is C26H24F5NO4. The van der Waals surface area contributed by atoms with Gasteiger partial charge in [0.25, 0.3) is 12.3 Å². The number of carbonyl (C=O) groups is 2. The minimum atomic E-state index is -4.51. The minimum absolute atomic E-state index is 0.0922. The molecule has 0 heterocycles. The van der Waals surface area contributed by atoms with E-state index in [1.165, 1.54) is 36.4 Å². The maximum absolute atomic E-state index is 13.4. The van der Waals surface area contributed by atoms with Crippen LogP contribution in [0.2, 0.25) is 0 Å². The average Bonchev–Trinajstić information content (AvgIpc) is 2.79. The van der Waals surface area contributed by atoms with E-state index in [2.05, 4.69) is 5.32 Å². The predicted octanol–water partition coefficient (Wildman–Crippen LogP) is 6.60. The van der Waals surface area contributed by atoms with Gasteiger partial charge in [0.15, 0.2) is 0 Å². The lowest BCUT2D eigenvalue weighted by Crippen LogP contribution is -2.49. The molecule has 5 nitrogen and oxygen atoms in total. The highest BCUT2D eigenvalue weighted by Gasteiger charge is 2.34. The van der Waals surface area contributed by atoms with Crippen LogP contribution in [-0.2, 0) is 17.6 Å². The topological polar surface area (TPSA) is 75.6 Å². The quantitative estimate of drug-likeness (QED) is 0.352. The van der Waals surface area contributed by atoms with Gasteiger partial charge in [0, 0.05) is 10.9 Å². The Balaban J connectivity index is 2.03. The number of benzene rings is 3. The van der Waals surface area contributed by atoms with E-state index in [0.29, 0.717) is 10.9 Å². The first-order valence-corrected chi connectivity index (χ1v) is 10.9. The number of aliphatic carboxylic acids is 1. The number of fused-ring (bicyclic) bond motifs is 1. The summed E-state index contributed by atoms with van der Waals surface area (Å²) in [4.78, 5) is 24.9. The lowest BCUT2D eigenvalue weighted by Gasteiger charge is -2.28. The van der Waals surface area contributed by atoms with Crippen LogP contribution in [0.5, 0.6) is 5.75 Å². The summed E-state index contributed by atoms with van der Waals surface area (Å²) < 4.78 is 71.1. The molecule has 0 aliphatic carbocycles. The molecule has 3 aromatic rings. The molecule has 36 heavy (non-hydrogen) atoms. The zero-order valence-corrected chi connectivity index (χ0v) is 19.6. The summed E-state index contributed by atoms with van der Waals surface area (Å²) in [7, 11) is 0. The first kappa shape index (κ1) is 26.9. The zero-order chi connectivity index (χ0) is 26.8. The highest BCUT2D eigenvalue weighted by atomic mass is 19.4. The summed E-state index contributed by atoms with van der Waals surface area (Å²) >= 11 is 0.